The zero-order valence-electron chi connectivity index (χ0n) is 12.8. The monoisotopic (exact) mass is 329 g/mol. The van der Waals surface area contributed by atoms with Crippen LogP contribution in [-0.2, 0) is 19.1 Å². The highest BCUT2D eigenvalue weighted by Crippen LogP contribution is 2.52. The van der Waals surface area contributed by atoms with Crippen molar-refractivity contribution in [2.24, 2.45) is 11.8 Å². The van der Waals surface area contributed by atoms with Gasteiger partial charge in [0.25, 0.3) is 0 Å². The van der Waals surface area contributed by atoms with Crippen LogP contribution in [0.1, 0.15) is 10.4 Å². The van der Waals surface area contributed by atoms with E-state index in [0.717, 1.165) is 4.90 Å². The molecule has 4 atom stereocenters. The van der Waals surface area contributed by atoms with Gasteiger partial charge in [-0.25, -0.2) is 9.69 Å². The van der Waals surface area contributed by atoms with E-state index in [2.05, 4.69) is 4.74 Å². The second-order valence-corrected chi connectivity index (χ2v) is 6.11. The van der Waals surface area contributed by atoms with Gasteiger partial charge in [0.1, 0.15) is 5.60 Å². The lowest BCUT2D eigenvalue weighted by atomic mass is 9.77. The molecule has 2 fully saturated rings. The number of aliphatic hydroxyl groups is 1. The van der Waals surface area contributed by atoms with Crippen LogP contribution < -0.4 is 4.90 Å². The van der Waals surface area contributed by atoms with Gasteiger partial charge in [-0.2, -0.15) is 0 Å². The first kappa shape index (κ1) is 15.0. The van der Waals surface area contributed by atoms with Crippen LogP contribution in [0.15, 0.2) is 36.4 Å². The van der Waals surface area contributed by atoms with E-state index in [1.54, 1.807) is 12.2 Å². The highest BCUT2D eigenvalue weighted by atomic mass is 16.5. The molecule has 0 unspecified atom stereocenters. The van der Waals surface area contributed by atoms with Crippen molar-refractivity contribution in [3.8, 4) is 0 Å². The van der Waals surface area contributed by atoms with E-state index in [1.807, 2.05) is 0 Å². The molecule has 0 radical (unpaired) electrons. The largest absolute Gasteiger partial charge is 0.465 e. The van der Waals surface area contributed by atoms with Crippen molar-refractivity contribution in [2.45, 2.75) is 11.7 Å². The Balaban J connectivity index is 1.68. The fourth-order valence-corrected chi connectivity index (χ4v) is 3.80. The van der Waals surface area contributed by atoms with Crippen molar-refractivity contribution in [3.05, 3.63) is 42.0 Å². The molecule has 3 aliphatic heterocycles. The first-order valence-electron chi connectivity index (χ1n) is 7.56. The number of ether oxygens (including phenoxy) is 2. The molecule has 0 saturated carbocycles. The minimum Gasteiger partial charge on any atom is -0.465 e. The van der Waals surface area contributed by atoms with Crippen LogP contribution in [-0.4, -0.2) is 48.3 Å². The molecule has 0 aliphatic carbocycles. The molecule has 2 amide bonds. The Labute approximate surface area is 137 Å². The number of carbonyl (C=O) groups is 3. The molecule has 0 spiro atoms. The first-order valence-corrected chi connectivity index (χ1v) is 7.56. The average Bonchev–Trinajstić information content (AvgIpc) is 3.25. The molecule has 3 aliphatic rings. The Bertz CT molecular complexity index is 770. The molecule has 2 saturated heterocycles. The third kappa shape index (κ3) is 1.76. The van der Waals surface area contributed by atoms with E-state index in [9.17, 15) is 19.5 Å². The SMILES string of the molecule is COC(=O)c1ccc(N2C(=O)[C@H]3[C@@H](C2=O)[C@]2(CO)C=C[C@H]3O2)cc1. The smallest absolute Gasteiger partial charge is 0.337 e. The molecule has 7 heteroatoms. The number of carbonyl (C=O) groups excluding carboxylic acids is 3. The Morgan fingerprint density at radius 1 is 1.29 bits per heavy atom. The number of imide groups is 1. The van der Waals surface area contributed by atoms with Crippen molar-refractivity contribution in [1.29, 1.82) is 0 Å². The number of methoxy groups -OCH3 is 1. The summed E-state index contributed by atoms with van der Waals surface area (Å²) in [4.78, 5) is 38.2. The average molecular weight is 329 g/mol. The fraction of sp³-hybridized carbons (Fsp3) is 0.353. The van der Waals surface area contributed by atoms with Gasteiger partial charge in [0.2, 0.25) is 11.8 Å². The van der Waals surface area contributed by atoms with Crippen LogP contribution in [0.2, 0.25) is 0 Å². The number of hydrogen-bond acceptors (Lipinski definition) is 6. The number of aliphatic hydroxyl groups excluding tert-OH is 1. The van der Waals surface area contributed by atoms with Gasteiger partial charge < -0.3 is 14.6 Å². The molecule has 1 N–H and O–H groups in total. The zero-order chi connectivity index (χ0) is 17.1. The second-order valence-electron chi connectivity index (χ2n) is 6.11. The molecule has 124 valence electrons. The highest BCUT2D eigenvalue weighted by molar-refractivity contribution is 6.23. The van der Waals surface area contributed by atoms with Gasteiger partial charge in [0.15, 0.2) is 0 Å². The summed E-state index contributed by atoms with van der Waals surface area (Å²) >= 11 is 0. The van der Waals surface area contributed by atoms with E-state index in [4.69, 9.17) is 4.74 Å². The Kier molecular flexibility index (Phi) is 3.13. The van der Waals surface area contributed by atoms with E-state index in [0.29, 0.717) is 11.3 Å². The van der Waals surface area contributed by atoms with Gasteiger partial charge in [-0.1, -0.05) is 12.2 Å². The van der Waals surface area contributed by atoms with Crippen LogP contribution in [0.3, 0.4) is 0 Å². The van der Waals surface area contributed by atoms with Crippen LogP contribution in [0.4, 0.5) is 5.69 Å². The number of esters is 1. The van der Waals surface area contributed by atoms with Crippen molar-refractivity contribution in [2.75, 3.05) is 18.6 Å². The molecule has 24 heavy (non-hydrogen) atoms. The molecule has 4 rings (SSSR count). The first-order chi connectivity index (χ1) is 11.5. The van der Waals surface area contributed by atoms with Crippen LogP contribution in [0.25, 0.3) is 0 Å². The molecule has 2 bridgehead atoms. The zero-order valence-corrected chi connectivity index (χ0v) is 12.8. The molecular weight excluding hydrogens is 314 g/mol. The van der Waals surface area contributed by atoms with E-state index < -0.39 is 35.4 Å². The maximum Gasteiger partial charge on any atom is 0.337 e. The highest BCUT2D eigenvalue weighted by Gasteiger charge is 2.67. The van der Waals surface area contributed by atoms with Gasteiger partial charge in [0, 0.05) is 0 Å². The molecule has 3 heterocycles. The minimum absolute atomic E-state index is 0.331. The standard InChI is InChI=1S/C17H15NO6/c1-23-16(22)9-2-4-10(5-3-9)18-14(20)12-11-6-7-17(8-19,24-11)13(12)15(18)21/h2-7,11-13,19H,8H2,1H3/t11-,12-,13+,17-/m1/s1. The summed E-state index contributed by atoms with van der Waals surface area (Å²) < 4.78 is 10.3. The summed E-state index contributed by atoms with van der Waals surface area (Å²) in [6.07, 6.45) is 2.92. The van der Waals surface area contributed by atoms with E-state index in [-0.39, 0.29) is 12.5 Å². The fourth-order valence-electron chi connectivity index (χ4n) is 3.80. The summed E-state index contributed by atoms with van der Waals surface area (Å²) in [5.41, 5.74) is -0.389. The molecule has 0 aromatic heterocycles. The maximum absolute atomic E-state index is 12.8. The van der Waals surface area contributed by atoms with Gasteiger partial charge in [-0.3, -0.25) is 9.59 Å². The van der Waals surface area contributed by atoms with E-state index in [1.165, 1.54) is 31.4 Å². The minimum atomic E-state index is -1.11. The maximum atomic E-state index is 12.8. The summed E-state index contributed by atoms with van der Waals surface area (Å²) in [5, 5.41) is 9.67. The predicted molar refractivity (Wildman–Crippen MR) is 81.1 cm³/mol. The number of anilines is 1. The quantitative estimate of drug-likeness (QED) is 0.486. The number of amides is 2. The van der Waals surface area contributed by atoms with Crippen molar-refractivity contribution < 1.29 is 29.0 Å². The van der Waals surface area contributed by atoms with Gasteiger partial charge >= 0.3 is 5.97 Å². The number of nitrogens with zero attached hydrogens (tertiary/aromatic N) is 1. The van der Waals surface area contributed by atoms with Gasteiger partial charge in [0.05, 0.1) is 42.9 Å². The number of rotatable bonds is 3. The third-order valence-electron chi connectivity index (χ3n) is 4.95. The summed E-state index contributed by atoms with van der Waals surface area (Å²) in [5.74, 6) is -2.56. The Morgan fingerprint density at radius 2 is 2.00 bits per heavy atom. The van der Waals surface area contributed by atoms with E-state index >= 15 is 0 Å². The topological polar surface area (TPSA) is 93.1 Å². The Hall–Kier alpha value is -2.51. The number of benzene rings is 1. The molecule has 1 aromatic rings. The molecular formula is C17H15NO6. The normalized spacial score (nSPS) is 33.2. The predicted octanol–water partition coefficient (Wildman–Crippen LogP) is 0.278. The van der Waals surface area contributed by atoms with Crippen molar-refractivity contribution in [1.82, 2.24) is 0 Å². The van der Waals surface area contributed by atoms with Gasteiger partial charge in [-0.05, 0) is 24.3 Å². The lowest BCUT2D eigenvalue weighted by Gasteiger charge is -2.26. The summed E-state index contributed by atoms with van der Waals surface area (Å²) in [6.45, 7) is -0.352. The molecule has 1 aromatic carbocycles. The lowest BCUT2D eigenvalue weighted by Crippen LogP contribution is -2.43. The van der Waals surface area contributed by atoms with Crippen LogP contribution >= 0.6 is 0 Å². The Morgan fingerprint density at radius 3 is 2.62 bits per heavy atom. The van der Waals surface area contributed by atoms with Crippen molar-refractivity contribution in [3.63, 3.8) is 0 Å². The number of hydrogen-bond donors (Lipinski definition) is 1. The number of fused-ring (bicyclic) bond motifs is 5. The summed E-state index contributed by atoms with van der Waals surface area (Å²) in [7, 11) is 1.28. The van der Waals surface area contributed by atoms with Crippen LogP contribution in [0, 0.1) is 11.8 Å². The van der Waals surface area contributed by atoms with Gasteiger partial charge in [-0.15, -0.1) is 0 Å². The van der Waals surface area contributed by atoms with Crippen molar-refractivity contribution >= 4 is 23.5 Å². The third-order valence-corrected chi connectivity index (χ3v) is 4.95. The summed E-state index contributed by atoms with van der Waals surface area (Å²) in [6, 6.07) is 6.07. The second kappa shape index (κ2) is 4.99. The molecule has 7 nitrogen and oxygen atoms in total. The lowest BCUT2D eigenvalue weighted by molar-refractivity contribution is -0.128. The van der Waals surface area contributed by atoms with Crippen LogP contribution in [0.5, 0.6) is 0 Å².